The van der Waals surface area contributed by atoms with Crippen LogP contribution in [0.1, 0.15) is 13.3 Å². The van der Waals surface area contributed by atoms with Crippen molar-refractivity contribution in [2.24, 2.45) is 0 Å². The van der Waals surface area contributed by atoms with Crippen molar-refractivity contribution in [1.29, 1.82) is 0 Å². The number of carbonyl (C=O) groups excluding carboxylic acids is 2. The molecule has 0 spiro atoms. The fourth-order valence-electron chi connectivity index (χ4n) is 1.62. The topological polar surface area (TPSA) is 69.7 Å². The van der Waals surface area contributed by atoms with Gasteiger partial charge in [0.1, 0.15) is 11.8 Å². The monoisotopic (exact) mass is 205 g/mol. The Bertz CT molecular complexity index is 314. The minimum atomic E-state index is -1.29. The molecule has 0 bridgehead atoms. The summed E-state index contributed by atoms with van der Waals surface area (Å²) in [6.45, 7) is 1.67. The molecular formula is C8H8NNaO4. The minimum absolute atomic E-state index is 0. The van der Waals surface area contributed by atoms with Gasteiger partial charge in [0, 0.05) is 0 Å². The fraction of sp³-hybridized carbons (Fsp3) is 0.500. The second-order valence-corrected chi connectivity index (χ2v) is 2.99. The third-order valence-corrected chi connectivity index (χ3v) is 2.28. The molecule has 2 aliphatic heterocycles. The summed E-state index contributed by atoms with van der Waals surface area (Å²) in [4.78, 5) is 22.9. The van der Waals surface area contributed by atoms with Crippen molar-refractivity contribution in [3.63, 3.8) is 0 Å². The Kier molecular flexibility index (Phi) is 3.24. The average molecular weight is 205 g/mol. The van der Waals surface area contributed by atoms with Gasteiger partial charge in [0.15, 0.2) is 6.23 Å². The molecule has 0 radical (unpaired) electrons. The van der Waals surface area contributed by atoms with Crippen LogP contribution in [0.5, 0.6) is 0 Å². The van der Waals surface area contributed by atoms with E-state index >= 15 is 0 Å². The molecule has 0 saturated carbocycles. The number of fused-ring (bicyclic) bond motifs is 1. The molecule has 0 aromatic rings. The molecule has 14 heavy (non-hydrogen) atoms. The van der Waals surface area contributed by atoms with Gasteiger partial charge in [-0.3, -0.25) is 9.69 Å². The first kappa shape index (κ1) is 11.6. The number of β-lactam (4-membered cyclic amide) rings is 1. The van der Waals surface area contributed by atoms with Crippen molar-refractivity contribution >= 4 is 11.9 Å². The van der Waals surface area contributed by atoms with Crippen LogP contribution in [0.2, 0.25) is 0 Å². The number of hydrogen-bond donors (Lipinski definition) is 0. The minimum Gasteiger partial charge on any atom is -0.547 e. The van der Waals surface area contributed by atoms with Crippen molar-refractivity contribution < 1.29 is 49.0 Å². The van der Waals surface area contributed by atoms with Crippen LogP contribution in [0.25, 0.3) is 0 Å². The average Bonchev–Trinajstić information content (AvgIpc) is 2.37. The van der Waals surface area contributed by atoms with Crippen LogP contribution >= 0.6 is 0 Å². The van der Waals surface area contributed by atoms with E-state index in [0.29, 0.717) is 5.76 Å². The molecule has 0 aliphatic carbocycles. The summed E-state index contributed by atoms with van der Waals surface area (Å²) >= 11 is 0. The molecule has 1 amide bonds. The van der Waals surface area contributed by atoms with Gasteiger partial charge in [0.05, 0.1) is 12.4 Å². The van der Waals surface area contributed by atoms with E-state index in [-0.39, 0.29) is 48.1 Å². The van der Waals surface area contributed by atoms with Crippen LogP contribution in [-0.2, 0) is 14.3 Å². The number of amides is 1. The summed E-state index contributed by atoms with van der Waals surface area (Å²) in [6.07, 6.45) is 1.43. The Morgan fingerprint density at radius 2 is 2.36 bits per heavy atom. The maximum atomic E-state index is 11.0. The summed E-state index contributed by atoms with van der Waals surface area (Å²) in [5.41, 5.74) is 0. The van der Waals surface area contributed by atoms with Crippen LogP contribution < -0.4 is 34.7 Å². The number of aliphatic carboxylic acids is 1. The van der Waals surface area contributed by atoms with Gasteiger partial charge in [-0.15, -0.1) is 0 Å². The molecule has 0 aromatic heterocycles. The number of allylic oxidation sites excluding steroid dienone is 1. The van der Waals surface area contributed by atoms with E-state index < -0.39 is 12.0 Å². The van der Waals surface area contributed by atoms with E-state index in [0.717, 1.165) is 0 Å². The maximum Gasteiger partial charge on any atom is 1.00 e. The van der Waals surface area contributed by atoms with Crippen LogP contribution in [0.4, 0.5) is 0 Å². The van der Waals surface area contributed by atoms with Gasteiger partial charge in [-0.2, -0.15) is 0 Å². The molecule has 2 fully saturated rings. The molecule has 0 aromatic carbocycles. The summed E-state index contributed by atoms with van der Waals surface area (Å²) in [5, 5.41) is 10.7. The SMILES string of the molecule is CC=C1OC2CC(=O)N2C1C(=O)[O-].[Na+]. The zero-order valence-corrected chi connectivity index (χ0v) is 10.0. The van der Waals surface area contributed by atoms with Crippen LogP contribution in [-0.4, -0.2) is 29.0 Å². The summed E-state index contributed by atoms with van der Waals surface area (Å²) in [5.74, 6) is -1.18. The Balaban J connectivity index is 0.000000980. The Morgan fingerprint density at radius 1 is 1.71 bits per heavy atom. The zero-order valence-electron chi connectivity index (χ0n) is 8.02. The molecule has 2 heterocycles. The van der Waals surface area contributed by atoms with Crippen molar-refractivity contribution in [2.45, 2.75) is 25.6 Å². The molecule has 5 nitrogen and oxygen atoms in total. The standard InChI is InChI=1S/C8H9NO4.Na/c1-2-4-7(8(11)12)9-5(10)3-6(9)13-4;/h2,6-7H,3H2,1H3,(H,11,12);/q;+1/p-1. The third kappa shape index (κ3) is 1.45. The van der Waals surface area contributed by atoms with E-state index in [2.05, 4.69) is 0 Å². The van der Waals surface area contributed by atoms with Gasteiger partial charge >= 0.3 is 29.6 Å². The smallest absolute Gasteiger partial charge is 0.547 e. The van der Waals surface area contributed by atoms with Gasteiger partial charge in [-0.1, -0.05) is 0 Å². The Hall–Kier alpha value is -0.520. The first-order valence-electron chi connectivity index (χ1n) is 4.00. The number of carboxylic acid groups (broad SMARTS) is 1. The quantitative estimate of drug-likeness (QED) is 0.320. The maximum absolute atomic E-state index is 11.0. The first-order chi connectivity index (χ1) is 6.15. The molecule has 2 atom stereocenters. The molecule has 2 rings (SSSR count). The van der Waals surface area contributed by atoms with Gasteiger partial charge in [0.2, 0.25) is 5.91 Å². The van der Waals surface area contributed by atoms with Crippen LogP contribution in [0.3, 0.4) is 0 Å². The predicted molar refractivity (Wildman–Crippen MR) is 38.9 cm³/mol. The second-order valence-electron chi connectivity index (χ2n) is 2.99. The van der Waals surface area contributed by atoms with E-state index in [9.17, 15) is 14.7 Å². The molecule has 6 heteroatoms. The number of carbonyl (C=O) groups is 2. The molecular weight excluding hydrogens is 197 g/mol. The van der Waals surface area contributed by atoms with Gasteiger partial charge in [-0.25, -0.2) is 0 Å². The molecule has 0 N–H and O–H groups in total. The van der Waals surface area contributed by atoms with E-state index in [4.69, 9.17) is 4.74 Å². The number of ether oxygens (including phenoxy) is 1. The number of nitrogens with zero attached hydrogens (tertiary/aromatic N) is 1. The van der Waals surface area contributed by atoms with Crippen molar-refractivity contribution in [1.82, 2.24) is 4.90 Å². The Morgan fingerprint density at radius 3 is 2.79 bits per heavy atom. The summed E-state index contributed by atoms with van der Waals surface area (Å²) in [7, 11) is 0. The summed E-state index contributed by atoms with van der Waals surface area (Å²) in [6, 6.07) is -1.02. The van der Waals surface area contributed by atoms with Crippen molar-refractivity contribution in [3.05, 3.63) is 11.8 Å². The zero-order chi connectivity index (χ0) is 9.59. The fourth-order valence-corrected chi connectivity index (χ4v) is 1.62. The van der Waals surface area contributed by atoms with E-state index in [1.165, 1.54) is 4.90 Å². The third-order valence-electron chi connectivity index (χ3n) is 2.28. The molecule has 2 aliphatic rings. The summed E-state index contributed by atoms with van der Waals surface area (Å²) < 4.78 is 5.20. The van der Waals surface area contributed by atoms with Gasteiger partial charge in [0.25, 0.3) is 0 Å². The van der Waals surface area contributed by atoms with Gasteiger partial charge in [-0.05, 0) is 13.0 Å². The van der Waals surface area contributed by atoms with Gasteiger partial charge < -0.3 is 14.6 Å². The second kappa shape index (κ2) is 3.92. The normalized spacial score (nSPS) is 31.6. The van der Waals surface area contributed by atoms with Crippen LogP contribution in [0, 0.1) is 0 Å². The van der Waals surface area contributed by atoms with Crippen molar-refractivity contribution in [3.8, 4) is 0 Å². The van der Waals surface area contributed by atoms with Crippen LogP contribution in [0.15, 0.2) is 11.8 Å². The van der Waals surface area contributed by atoms with E-state index in [1.807, 2.05) is 0 Å². The number of rotatable bonds is 1. The van der Waals surface area contributed by atoms with E-state index in [1.54, 1.807) is 13.0 Å². The van der Waals surface area contributed by atoms with Crippen molar-refractivity contribution in [2.75, 3.05) is 0 Å². The molecule has 2 unspecified atom stereocenters. The molecule has 2 saturated heterocycles. The predicted octanol–water partition coefficient (Wildman–Crippen LogP) is -4.40. The number of carboxylic acids is 1. The first-order valence-corrected chi connectivity index (χ1v) is 4.00. The largest absolute Gasteiger partial charge is 1.00 e. The molecule has 70 valence electrons. The Labute approximate surface area is 103 Å². The number of hydrogen-bond acceptors (Lipinski definition) is 4.